The lowest BCUT2D eigenvalue weighted by atomic mass is 10.4. The molecule has 0 radical (unpaired) electrons. The summed E-state index contributed by atoms with van der Waals surface area (Å²) in [5, 5.41) is 7.35. The Morgan fingerprint density at radius 3 is 3.00 bits per heavy atom. The van der Waals surface area contributed by atoms with Gasteiger partial charge in [0.2, 0.25) is 5.90 Å². The van der Waals surface area contributed by atoms with E-state index >= 15 is 0 Å². The van der Waals surface area contributed by atoms with Crippen LogP contribution >= 0.6 is 0 Å². The van der Waals surface area contributed by atoms with Gasteiger partial charge >= 0.3 is 0 Å². The Hall–Kier alpha value is -1.85. The average Bonchev–Trinajstić information content (AvgIpc) is 2.47. The Labute approximate surface area is 74.6 Å². The van der Waals surface area contributed by atoms with Gasteiger partial charge < -0.3 is 15.5 Å². The second-order valence-corrected chi connectivity index (χ2v) is 2.48. The van der Waals surface area contributed by atoms with Crippen molar-refractivity contribution < 1.29 is 9.53 Å². The molecule has 1 rings (SSSR count). The fraction of sp³-hybridized carbons (Fsp3) is 0.286. The maximum absolute atomic E-state index is 10.5. The first-order valence-corrected chi connectivity index (χ1v) is 3.61. The van der Waals surface area contributed by atoms with E-state index in [1.807, 2.05) is 0 Å². The topological polar surface area (TPSA) is 105 Å². The summed E-state index contributed by atoms with van der Waals surface area (Å²) in [6.07, 6.45) is 1.36. The summed E-state index contributed by atoms with van der Waals surface area (Å²) in [6.45, 7) is 1.25. The van der Waals surface area contributed by atoms with Crippen LogP contribution in [0.15, 0.2) is 6.33 Å². The molecule has 70 valence electrons. The molecule has 1 aromatic rings. The van der Waals surface area contributed by atoms with Crippen LogP contribution in [0.5, 0.6) is 0 Å². The van der Waals surface area contributed by atoms with Crippen LogP contribution in [0, 0.1) is 5.41 Å². The number of Topliss-reactive ketones (excluding diaryl/α,β-unsaturated/α-hetero) is 1. The van der Waals surface area contributed by atoms with Crippen LogP contribution < -0.4 is 5.73 Å². The predicted octanol–water partition coefficient (Wildman–Crippen LogP) is -0.0771. The summed E-state index contributed by atoms with van der Waals surface area (Å²) in [7, 11) is 0. The number of nitrogens with two attached hydrogens (primary N) is 1. The Balaban J connectivity index is 2.59. The highest BCUT2D eigenvalue weighted by molar-refractivity contribution is 5.95. The standard InChI is InChI=1S/C7H10N4O2/c1-4(12)2-13-7(9)5-6(8)11-3-10-5/h3,9H,2,8H2,1H3,(H,10,11). The highest BCUT2D eigenvalue weighted by Gasteiger charge is 2.09. The molecule has 0 aliphatic carbocycles. The van der Waals surface area contributed by atoms with E-state index in [-0.39, 0.29) is 24.1 Å². The van der Waals surface area contributed by atoms with E-state index in [0.29, 0.717) is 5.69 Å². The average molecular weight is 182 g/mol. The molecule has 1 aromatic heterocycles. The van der Waals surface area contributed by atoms with Gasteiger partial charge in [-0.25, -0.2) is 4.98 Å². The summed E-state index contributed by atoms with van der Waals surface area (Å²) < 4.78 is 4.81. The number of carbonyl (C=O) groups excluding carboxylic acids is 1. The van der Waals surface area contributed by atoms with E-state index in [2.05, 4.69) is 9.97 Å². The molecule has 13 heavy (non-hydrogen) atoms. The number of nitrogen functional groups attached to an aromatic ring is 1. The van der Waals surface area contributed by atoms with Gasteiger partial charge in [0.15, 0.2) is 11.6 Å². The molecule has 1 heterocycles. The lowest BCUT2D eigenvalue weighted by Gasteiger charge is -2.02. The van der Waals surface area contributed by atoms with Crippen LogP contribution in [0.2, 0.25) is 0 Å². The molecule has 6 heteroatoms. The second-order valence-electron chi connectivity index (χ2n) is 2.48. The Morgan fingerprint density at radius 1 is 1.85 bits per heavy atom. The van der Waals surface area contributed by atoms with Gasteiger partial charge in [0.05, 0.1) is 6.33 Å². The number of nitrogens with one attached hydrogen (secondary N) is 2. The minimum absolute atomic E-state index is 0.128. The highest BCUT2D eigenvalue weighted by Crippen LogP contribution is 2.05. The zero-order valence-electron chi connectivity index (χ0n) is 7.13. The van der Waals surface area contributed by atoms with Gasteiger partial charge in [-0.1, -0.05) is 0 Å². The van der Waals surface area contributed by atoms with E-state index in [9.17, 15) is 4.79 Å². The van der Waals surface area contributed by atoms with Crippen molar-refractivity contribution in [1.82, 2.24) is 9.97 Å². The number of hydrogen-bond acceptors (Lipinski definition) is 5. The molecule has 0 unspecified atom stereocenters. The molecule has 0 atom stereocenters. The van der Waals surface area contributed by atoms with Gasteiger partial charge in [-0.2, -0.15) is 0 Å². The van der Waals surface area contributed by atoms with Gasteiger partial charge in [-0.05, 0) is 6.92 Å². The number of hydrogen-bond donors (Lipinski definition) is 3. The number of aromatic nitrogens is 2. The lowest BCUT2D eigenvalue weighted by Crippen LogP contribution is -2.13. The summed E-state index contributed by atoms with van der Waals surface area (Å²) in [6, 6.07) is 0. The van der Waals surface area contributed by atoms with Crippen LogP contribution in [-0.4, -0.2) is 28.3 Å². The van der Waals surface area contributed by atoms with Crippen molar-refractivity contribution in [2.24, 2.45) is 0 Å². The largest absolute Gasteiger partial charge is 0.468 e. The minimum atomic E-state index is -0.176. The number of ketones is 1. The number of H-pyrrole nitrogens is 1. The Bertz CT molecular complexity index is 331. The number of aromatic amines is 1. The zero-order valence-corrected chi connectivity index (χ0v) is 7.13. The minimum Gasteiger partial charge on any atom is -0.468 e. The number of carbonyl (C=O) groups is 1. The van der Waals surface area contributed by atoms with Crippen molar-refractivity contribution in [3.8, 4) is 0 Å². The fourth-order valence-electron chi connectivity index (χ4n) is 0.733. The Kier molecular flexibility index (Phi) is 2.63. The molecular formula is C7H10N4O2. The van der Waals surface area contributed by atoms with Crippen molar-refractivity contribution in [1.29, 1.82) is 5.41 Å². The number of imidazole rings is 1. The van der Waals surface area contributed by atoms with Gasteiger partial charge in [-0.15, -0.1) is 0 Å². The van der Waals surface area contributed by atoms with Crippen LogP contribution in [0.1, 0.15) is 12.6 Å². The first kappa shape index (κ1) is 9.24. The van der Waals surface area contributed by atoms with Crippen LogP contribution in [0.4, 0.5) is 5.82 Å². The van der Waals surface area contributed by atoms with Gasteiger partial charge in [0.25, 0.3) is 0 Å². The first-order valence-electron chi connectivity index (χ1n) is 3.61. The van der Waals surface area contributed by atoms with Crippen LogP contribution in [0.25, 0.3) is 0 Å². The summed E-state index contributed by atoms with van der Waals surface area (Å²) in [5.74, 6) is -0.137. The molecule has 4 N–H and O–H groups in total. The maximum atomic E-state index is 10.5. The van der Waals surface area contributed by atoms with Gasteiger partial charge in [0, 0.05) is 0 Å². The number of rotatable bonds is 3. The number of anilines is 1. The third-order valence-electron chi connectivity index (χ3n) is 1.32. The third kappa shape index (κ3) is 2.29. The molecule has 0 amide bonds. The van der Waals surface area contributed by atoms with E-state index in [1.165, 1.54) is 13.3 Å². The Morgan fingerprint density at radius 2 is 2.54 bits per heavy atom. The normalized spacial score (nSPS) is 9.62. The van der Waals surface area contributed by atoms with Crippen molar-refractivity contribution in [2.45, 2.75) is 6.92 Å². The molecule has 0 bridgehead atoms. The van der Waals surface area contributed by atoms with Gasteiger partial charge in [0.1, 0.15) is 12.3 Å². The predicted molar refractivity (Wildman–Crippen MR) is 46.5 cm³/mol. The number of nitrogens with zero attached hydrogens (tertiary/aromatic N) is 1. The third-order valence-corrected chi connectivity index (χ3v) is 1.32. The van der Waals surface area contributed by atoms with E-state index in [1.54, 1.807) is 0 Å². The van der Waals surface area contributed by atoms with Gasteiger partial charge in [-0.3, -0.25) is 10.2 Å². The van der Waals surface area contributed by atoms with Crippen molar-refractivity contribution >= 4 is 17.5 Å². The van der Waals surface area contributed by atoms with Crippen molar-refractivity contribution in [2.75, 3.05) is 12.3 Å². The molecule has 6 nitrogen and oxygen atoms in total. The van der Waals surface area contributed by atoms with Crippen LogP contribution in [-0.2, 0) is 9.53 Å². The highest BCUT2D eigenvalue weighted by atomic mass is 16.5. The summed E-state index contributed by atoms with van der Waals surface area (Å²) >= 11 is 0. The monoisotopic (exact) mass is 182 g/mol. The zero-order chi connectivity index (χ0) is 9.84. The number of ether oxygens (including phenoxy) is 1. The molecule has 0 spiro atoms. The first-order chi connectivity index (χ1) is 6.11. The maximum Gasteiger partial charge on any atom is 0.234 e. The smallest absolute Gasteiger partial charge is 0.234 e. The molecule has 0 fully saturated rings. The van der Waals surface area contributed by atoms with E-state index < -0.39 is 0 Å². The summed E-state index contributed by atoms with van der Waals surface area (Å²) in [5.41, 5.74) is 5.69. The second kappa shape index (κ2) is 3.70. The van der Waals surface area contributed by atoms with E-state index in [0.717, 1.165) is 0 Å². The fourth-order valence-corrected chi connectivity index (χ4v) is 0.733. The molecule has 0 saturated carbocycles. The SMILES string of the molecule is CC(=O)COC(=N)c1[nH]cnc1N. The van der Waals surface area contributed by atoms with Crippen molar-refractivity contribution in [3.63, 3.8) is 0 Å². The lowest BCUT2D eigenvalue weighted by molar-refractivity contribution is -0.119. The molecule has 0 aliphatic rings. The van der Waals surface area contributed by atoms with Crippen molar-refractivity contribution in [3.05, 3.63) is 12.0 Å². The molecule has 0 aliphatic heterocycles. The quantitative estimate of drug-likeness (QED) is 0.449. The van der Waals surface area contributed by atoms with Crippen LogP contribution in [0.3, 0.4) is 0 Å². The molecule has 0 saturated heterocycles. The van der Waals surface area contributed by atoms with E-state index in [4.69, 9.17) is 15.9 Å². The summed E-state index contributed by atoms with van der Waals surface area (Å²) in [4.78, 5) is 16.8. The molecule has 0 aromatic carbocycles. The molecular weight excluding hydrogens is 172 g/mol.